The first-order valence-electron chi connectivity index (χ1n) is 9.37. The summed E-state index contributed by atoms with van der Waals surface area (Å²) in [6.45, 7) is 2.15. The van der Waals surface area contributed by atoms with Crippen LogP contribution in [0.1, 0.15) is 64.7 Å². The summed E-state index contributed by atoms with van der Waals surface area (Å²) in [6.07, 6.45) is 13.7. The fraction of sp³-hybridized carbons (Fsp3) is 0.667. The van der Waals surface area contributed by atoms with Crippen molar-refractivity contribution in [2.75, 3.05) is 7.11 Å². The summed E-state index contributed by atoms with van der Waals surface area (Å²) in [7, 11) is 1.38. The number of alkyl halides is 1. The maximum absolute atomic E-state index is 11.0. The molecule has 0 spiro atoms. The second-order valence-electron chi connectivity index (χ2n) is 6.18. The Hall–Kier alpha value is -0.840. The van der Waals surface area contributed by atoms with E-state index in [-0.39, 0.29) is 16.0 Å². The van der Waals surface area contributed by atoms with Crippen LogP contribution in [0.4, 0.5) is 0 Å². The van der Waals surface area contributed by atoms with Crippen LogP contribution in [0.25, 0.3) is 0 Å². The second kappa shape index (κ2) is 17.6. The van der Waals surface area contributed by atoms with Crippen molar-refractivity contribution in [1.29, 1.82) is 0 Å². The number of aliphatic hydroxyl groups excluding tert-OH is 2. The average molecular weight is 476 g/mol. The van der Waals surface area contributed by atoms with Crippen molar-refractivity contribution < 1.29 is 19.7 Å². The highest BCUT2D eigenvalue weighted by Crippen LogP contribution is 2.14. The standard InChI is InChI=1S/C21H33IO4/c1-3-4-8-13-18(23)14-9-7-11-16-20(24)19(22)15-10-5-6-12-17-21(25)26-2/h7,9,11,14,18-20,23-24H,3-4,6,8,12-13,15-17H2,1-2H3/b11-7+,14-9+/t18?,19-,20+/m1/s1. The first-order valence-corrected chi connectivity index (χ1v) is 10.6. The summed E-state index contributed by atoms with van der Waals surface area (Å²) in [5.74, 6) is 5.88. The monoisotopic (exact) mass is 476 g/mol. The van der Waals surface area contributed by atoms with Crippen LogP contribution in [0.5, 0.6) is 0 Å². The minimum absolute atomic E-state index is 0.0639. The van der Waals surface area contributed by atoms with Gasteiger partial charge in [-0.2, -0.15) is 0 Å². The molecule has 0 heterocycles. The van der Waals surface area contributed by atoms with Gasteiger partial charge in [0.25, 0.3) is 0 Å². The van der Waals surface area contributed by atoms with E-state index in [9.17, 15) is 15.0 Å². The van der Waals surface area contributed by atoms with Crippen molar-refractivity contribution in [3.63, 3.8) is 0 Å². The van der Waals surface area contributed by atoms with E-state index in [0.29, 0.717) is 32.1 Å². The van der Waals surface area contributed by atoms with Gasteiger partial charge >= 0.3 is 5.97 Å². The Morgan fingerprint density at radius 2 is 1.96 bits per heavy atom. The second-order valence-corrected chi connectivity index (χ2v) is 7.78. The number of carbonyl (C=O) groups excluding carboxylic acids is 1. The first kappa shape index (κ1) is 25.2. The summed E-state index contributed by atoms with van der Waals surface area (Å²) in [6, 6.07) is 0. The van der Waals surface area contributed by atoms with Gasteiger partial charge in [-0.3, -0.25) is 4.79 Å². The average Bonchev–Trinajstić information content (AvgIpc) is 2.63. The lowest BCUT2D eigenvalue weighted by atomic mass is 10.1. The largest absolute Gasteiger partial charge is 0.469 e. The first-order chi connectivity index (χ1) is 12.5. The van der Waals surface area contributed by atoms with Crippen molar-refractivity contribution in [2.24, 2.45) is 0 Å². The molecule has 0 radical (unpaired) electrons. The van der Waals surface area contributed by atoms with Crippen molar-refractivity contribution in [2.45, 2.75) is 80.8 Å². The lowest BCUT2D eigenvalue weighted by Crippen LogP contribution is -2.18. The molecule has 1 unspecified atom stereocenters. The summed E-state index contributed by atoms with van der Waals surface area (Å²) >= 11 is 2.22. The van der Waals surface area contributed by atoms with E-state index in [1.54, 1.807) is 6.08 Å². The molecule has 0 aromatic carbocycles. The van der Waals surface area contributed by atoms with E-state index in [1.807, 2.05) is 18.2 Å². The molecule has 0 aliphatic rings. The quantitative estimate of drug-likeness (QED) is 0.104. The van der Waals surface area contributed by atoms with Crippen LogP contribution in [-0.2, 0) is 9.53 Å². The van der Waals surface area contributed by atoms with Crippen LogP contribution < -0.4 is 0 Å². The van der Waals surface area contributed by atoms with E-state index in [2.05, 4.69) is 46.1 Å². The summed E-state index contributed by atoms with van der Waals surface area (Å²) in [4.78, 5) is 11.0. The number of esters is 1. The van der Waals surface area contributed by atoms with Crippen LogP contribution >= 0.6 is 22.6 Å². The molecular formula is C21H33IO4. The SMILES string of the molecule is CCCCCC(O)/C=C/C=C/C[C@H](O)[C@H](I)CC#CCCCC(=O)OC. The van der Waals surface area contributed by atoms with E-state index in [4.69, 9.17) is 0 Å². The summed E-state index contributed by atoms with van der Waals surface area (Å²) < 4.78 is 4.63. The highest BCUT2D eigenvalue weighted by molar-refractivity contribution is 14.1. The third-order valence-corrected chi connectivity index (χ3v) is 5.08. The van der Waals surface area contributed by atoms with Gasteiger partial charge in [-0.05, 0) is 19.3 Å². The molecule has 0 saturated carbocycles. The van der Waals surface area contributed by atoms with Crippen molar-refractivity contribution in [3.05, 3.63) is 24.3 Å². The van der Waals surface area contributed by atoms with Crippen LogP contribution in [0.3, 0.4) is 0 Å². The number of rotatable bonds is 13. The van der Waals surface area contributed by atoms with Crippen LogP contribution in [-0.4, -0.2) is 39.4 Å². The van der Waals surface area contributed by atoms with Crippen molar-refractivity contribution in [3.8, 4) is 11.8 Å². The number of ether oxygens (including phenoxy) is 1. The molecule has 0 rings (SSSR count). The molecule has 0 aliphatic carbocycles. The van der Waals surface area contributed by atoms with Crippen LogP contribution in [0.2, 0.25) is 0 Å². The molecule has 3 atom stereocenters. The van der Waals surface area contributed by atoms with Gasteiger partial charge in [0, 0.05) is 23.2 Å². The number of aliphatic hydroxyl groups is 2. The lowest BCUT2D eigenvalue weighted by Gasteiger charge is -2.12. The van der Waals surface area contributed by atoms with Gasteiger partial charge in [0.15, 0.2) is 0 Å². The van der Waals surface area contributed by atoms with Gasteiger partial charge in [-0.25, -0.2) is 0 Å². The Morgan fingerprint density at radius 1 is 1.19 bits per heavy atom. The molecule has 0 saturated heterocycles. The zero-order chi connectivity index (χ0) is 19.6. The minimum atomic E-state index is -0.445. The molecule has 0 aliphatic heterocycles. The Balaban J connectivity index is 3.90. The molecule has 5 heteroatoms. The van der Waals surface area contributed by atoms with Gasteiger partial charge in [0.2, 0.25) is 0 Å². The normalized spacial score (nSPS) is 14.8. The van der Waals surface area contributed by atoms with Gasteiger partial charge in [0.05, 0.1) is 19.3 Å². The predicted molar refractivity (Wildman–Crippen MR) is 115 cm³/mol. The fourth-order valence-corrected chi connectivity index (χ4v) is 2.67. The molecule has 148 valence electrons. The molecule has 4 nitrogen and oxygen atoms in total. The maximum Gasteiger partial charge on any atom is 0.305 e. The summed E-state index contributed by atoms with van der Waals surface area (Å²) in [5, 5.41) is 19.9. The van der Waals surface area contributed by atoms with Gasteiger partial charge in [-0.15, -0.1) is 11.8 Å². The number of hydrogen-bond donors (Lipinski definition) is 2. The smallest absolute Gasteiger partial charge is 0.305 e. The highest BCUT2D eigenvalue weighted by Gasteiger charge is 2.12. The zero-order valence-electron chi connectivity index (χ0n) is 16.0. The molecule has 0 fully saturated rings. The van der Waals surface area contributed by atoms with E-state index >= 15 is 0 Å². The molecule has 0 amide bonds. The third kappa shape index (κ3) is 15.4. The van der Waals surface area contributed by atoms with Crippen LogP contribution in [0, 0.1) is 11.8 Å². The number of allylic oxidation sites excluding steroid dienone is 2. The topological polar surface area (TPSA) is 66.8 Å². The Bertz CT molecular complexity index is 476. The fourth-order valence-electron chi connectivity index (χ4n) is 2.15. The van der Waals surface area contributed by atoms with Crippen molar-refractivity contribution in [1.82, 2.24) is 0 Å². The van der Waals surface area contributed by atoms with Crippen LogP contribution in [0.15, 0.2) is 24.3 Å². The summed E-state index contributed by atoms with van der Waals surface area (Å²) in [5.41, 5.74) is 0. The van der Waals surface area contributed by atoms with Gasteiger partial charge < -0.3 is 14.9 Å². The van der Waals surface area contributed by atoms with Crippen molar-refractivity contribution >= 4 is 28.6 Å². The number of carbonyl (C=O) groups is 1. The molecule has 0 aromatic heterocycles. The molecule has 0 bridgehead atoms. The Labute approximate surface area is 172 Å². The Kier molecular flexibility index (Phi) is 17.0. The van der Waals surface area contributed by atoms with Gasteiger partial charge in [-0.1, -0.05) is 73.1 Å². The minimum Gasteiger partial charge on any atom is -0.469 e. The van der Waals surface area contributed by atoms with Gasteiger partial charge in [0.1, 0.15) is 0 Å². The number of hydrogen-bond acceptors (Lipinski definition) is 4. The van der Waals surface area contributed by atoms with E-state index in [1.165, 1.54) is 7.11 Å². The number of halogens is 1. The maximum atomic E-state index is 11.0. The number of methoxy groups -OCH3 is 1. The zero-order valence-corrected chi connectivity index (χ0v) is 18.2. The predicted octanol–water partition coefficient (Wildman–Crippen LogP) is 4.33. The molecular weight excluding hydrogens is 443 g/mol. The van der Waals surface area contributed by atoms with E-state index in [0.717, 1.165) is 25.7 Å². The number of unbranched alkanes of at least 4 members (excludes halogenated alkanes) is 3. The molecule has 0 aromatic rings. The molecule has 26 heavy (non-hydrogen) atoms. The molecule has 2 N–H and O–H groups in total. The Morgan fingerprint density at radius 3 is 2.65 bits per heavy atom. The van der Waals surface area contributed by atoms with E-state index < -0.39 is 6.10 Å². The lowest BCUT2D eigenvalue weighted by molar-refractivity contribution is -0.140. The highest BCUT2D eigenvalue weighted by atomic mass is 127. The third-order valence-electron chi connectivity index (χ3n) is 3.81.